The molecule has 19 heavy (non-hydrogen) atoms. The van der Waals surface area contributed by atoms with Crippen LogP contribution in [0, 0.1) is 6.92 Å². The van der Waals surface area contributed by atoms with E-state index < -0.39 is 0 Å². The first-order valence-electron chi connectivity index (χ1n) is 6.01. The van der Waals surface area contributed by atoms with Crippen molar-refractivity contribution in [3.05, 3.63) is 47.8 Å². The van der Waals surface area contributed by atoms with Crippen LogP contribution in [-0.4, -0.2) is 15.0 Å². The second-order valence-corrected chi connectivity index (χ2v) is 5.34. The molecule has 0 aliphatic rings. The highest BCUT2D eigenvalue weighted by molar-refractivity contribution is 7.98. The maximum absolute atomic E-state index is 5.75. The molecule has 0 aliphatic heterocycles. The number of hydrogen-bond donors (Lipinski definition) is 2. The summed E-state index contributed by atoms with van der Waals surface area (Å²) in [5.41, 5.74) is 10.7. The zero-order valence-electron chi connectivity index (χ0n) is 10.6. The Kier molecular flexibility index (Phi) is 3.13. The van der Waals surface area contributed by atoms with E-state index in [0.29, 0.717) is 0 Å². The number of aromatic nitrogens is 3. The van der Waals surface area contributed by atoms with Crippen molar-refractivity contribution in [3.8, 4) is 0 Å². The molecule has 0 bridgehead atoms. The Balaban J connectivity index is 1.80. The van der Waals surface area contributed by atoms with Gasteiger partial charge < -0.3 is 10.7 Å². The predicted molar refractivity (Wildman–Crippen MR) is 79.0 cm³/mol. The van der Waals surface area contributed by atoms with Crippen LogP contribution < -0.4 is 5.73 Å². The Morgan fingerprint density at radius 2 is 2.21 bits per heavy atom. The average Bonchev–Trinajstić information content (AvgIpc) is 2.79. The number of aryl methyl sites for hydroxylation is 1. The van der Waals surface area contributed by atoms with E-state index in [-0.39, 0.29) is 0 Å². The molecule has 4 nitrogen and oxygen atoms in total. The van der Waals surface area contributed by atoms with Gasteiger partial charge >= 0.3 is 0 Å². The number of anilines is 1. The first kappa shape index (κ1) is 12.0. The topological polar surface area (TPSA) is 67.6 Å². The first-order valence-corrected chi connectivity index (χ1v) is 6.99. The number of nitrogens with two attached hydrogens (primary N) is 1. The maximum Gasteiger partial charge on any atom is 0.166 e. The van der Waals surface area contributed by atoms with Gasteiger partial charge in [-0.25, -0.2) is 4.98 Å². The Morgan fingerprint density at radius 1 is 1.32 bits per heavy atom. The zero-order chi connectivity index (χ0) is 13.2. The Bertz CT molecular complexity index is 720. The minimum atomic E-state index is 0.744. The lowest BCUT2D eigenvalue weighted by atomic mass is 10.2. The van der Waals surface area contributed by atoms with E-state index in [0.717, 1.165) is 33.3 Å². The van der Waals surface area contributed by atoms with Gasteiger partial charge in [-0.2, -0.15) is 0 Å². The zero-order valence-corrected chi connectivity index (χ0v) is 11.4. The van der Waals surface area contributed by atoms with E-state index in [2.05, 4.69) is 27.9 Å². The quantitative estimate of drug-likeness (QED) is 0.566. The van der Waals surface area contributed by atoms with Crippen LogP contribution in [0.15, 0.2) is 41.7 Å². The smallest absolute Gasteiger partial charge is 0.166 e. The lowest BCUT2D eigenvalue weighted by Crippen LogP contribution is -1.90. The summed E-state index contributed by atoms with van der Waals surface area (Å²) < 4.78 is 0. The second-order valence-electron chi connectivity index (χ2n) is 4.37. The fourth-order valence-corrected chi connectivity index (χ4v) is 2.80. The summed E-state index contributed by atoms with van der Waals surface area (Å²) in [5.74, 6) is 0.808. The molecule has 2 heterocycles. The highest BCUT2D eigenvalue weighted by Crippen LogP contribution is 2.24. The third-order valence-corrected chi connectivity index (χ3v) is 3.83. The largest absolute Gasteiger partial charge is 0.399 e. The summed E-state index contributed by atoms with van der Waals surface area (Å²) in [5, 5.41) is 0.894. The maximum atomic E-state index is 5.75. The van der Waals surface area contributed by atoms with Crippen LogP contribution in [0.2, 0.25) is 0 Å². The number of nitrogens with zero attached hydrogens (tertiary/aromatic N) is 2. The number of nitrogen functional groups attached to an aromatic ring is 1. The van der Waals surface area contributed by atoms with Crippen molar-refractivity contribution in [1.29, 1.82) is 0 Å². The number of fused-ring (bicyclic) bond motifs is 1. The summed E-state index contributed by atoms with van der Waals surface area (Å²) in [6.07, 6.45) is 1.82. The van der Waals surface area contributed by atoms with Crippen LogP contribution in [0.25, 0.3) is 11.0 Å². The number of hydrogen-bond acceptors (Lipinski definition) is 4. The molecule has 1 aromatic carbocycles. The number of thioether (sulfide) groups is 1. The second kappa shape index (κ2) is 4.93. The molecule has 0 saturated heterocycles. The molecule has 0 atom stereocenters. The van der Waals surface area contributed by atoms with Gasteiger partial charge in [0.1, 0.15) is 0 Å². The number of pyridine rings is 1. The molecule has 0 amide bonds. The van der Waals surface area contributed by atoms with Crippen LogP contribution in [0.4, 0.5) is 5.69 Å². The molecule has 96 valence electrons. The van der Waals surface area contributed by atoms with Crippen molar-refractivity contribution >= 4 is 28.5 Å². The highest BCUT2D eigenvalue weighted by Gasteiger charge is 2.05. The van der Waals surface area contributed by atoms with Gasteiger partial charge in [0, 0.05) is 17.6 Å². The van der Waals surface area contributed by atoms with Gasteiger partial charge in [0.15, 0.2) is 5.16 Å². The molecule has 0 saturated carbocycles. The molecule has 0 fully saturated rings. The molecule has 3 aromatic rings. The Morgan fingerprint density at radius 3 is 3.05 bits per heavy atom. The molecule has 0 aliphatic carbocycles. The van der Waals surface area contributed by atoms with Crippen molar-refractivity contribution in [2.45, 2.75) is 17.8 Å². The average molecular weight is 270 g/mol. The molecule has 3 rings (SSSR count). The van der Waals surface area contributed by atoms with E-state index in [1.54, 1.807) is 11.8 Å². The van der Waals surface area contributed by atoms with Crippen molar-refractivity contribution < 1.29 is 0 Å². The van der Waals surface area contributed by atoms with Crippen molar-refractivity contribution in [3.63, 3.8) is 0 Å². The molecule has 3 N–H and O–H groups in total. The van der Waals surface area contributed by atoms with Crippen molar-refractivity contribution in [1.82, 2.24) is 15.0 Å². The standard InChI is InChI=1S/C14H14N4S/c1-9-3-2-6-16-13(9)8-19-14-17-11-5-4-10(15)7-12(11)18-14/h2-7H,8,15H2,1H3,(H,17,18). The fraction of sp³-hybridized carbons (Fsp3) is 0.143. The molecule has 2 aromatic heterocycles. The number of rotatable bonds is 3. The first-order chi connectivity index (χ1) is 9.22. The Hall–Kier alpha value is -2.01. The van der Waals surface area contributed by atoms with E-state index in [9.17, 15) is 0 Å². The number of benzene rings is 1. The van der Waals surface area contributed by atoms with Crippen molar-refractivity contribution in [2.24, 2.45) is 0 Å². The van der Waals surface area contributed by atoms with Crippen LogP contribution in [0.5, 0.6) is 0 Å². The molecular weight excluding hydrogens is 256 g/mol. The minimum absolute atomic E-state index is 0.744. The van der Waals surface area contributed by atoms with Gasteiger partial charge in [0.05, 0.1) is 16.7 Å². The van der Waals surface area contributed by atoms with Gasteiger partial charge in [-0.15, -0.1) is 0 Å². The summed E-state index contributed by atoms with van der Waals surface area (Å²) in [7, 11) is 0. The fourth-order valence-electron chi connectivity index (χ4n) is 1.88. The minimum Gasteiger partial charge on any atom is -0.399 e. The Labute approximate surface area is 115 Å². The van der Waals surface area contributed by atoms with Crippen LogP contribution >= 0.6 is 11.8 Å². The van der Waals surface area contributed by atoms with Gasteiger partial charge in [-0.1, -0.05) is 17.8 Å². The van der Waals surface area contributed by atoms with Gasteiger partial charge in [0.25, 0.3) is 0 Å². The van der Waals surface area contributed by atoms with Crippen molar-refractivity contribution in [2.75, 3.05) is 5.73 Å². The number of imidazole rings is 1. The molecule has 0 radical (unpaired) electrons. The van der Waals surface area contributed by atoms with Gasteiger partial charge in [0.2, 0.25) is 0 Å². The van der Waals surface area contributed by atoms with E-state index in [4.69, 9.17) is 5.73 Å². The SMILES string of the molecule is Cc1cccnc1CSc1nc2ccc(N)cc2[nH]1. The summed E-state index contributed by atoms with van der Waals surface area (Å²) in [4.78, 5) is 12.2. The van der Waals surface area contributed by atoms with Gasteiger partial charge in [-0.05, 0) is 36.8 Å². The third kappa shape index (κ3) is 2.56. The van der Waals surface area contributed by atoms with E-state index >= 15 is 0 Å². The lowest BCUT2D eigenvalue weighted by Gasteiger charge is -2.01. The summed E-state index contributed by atoms with van der Waals surface area (Å²) >= 11 is 1.65. The normalized spacial score (nSPS) is 11.0. The van der Waals surface area contributed by atoms with Crippen LogP contribution in [-0.2, 0) is 5.75 Å². The molecule has 0 spiro atoms. The molecule has 5 heteroatoms. The third-order valence-electron chi connectivity index (χ3n) is 2.95. The highest BCUT2D eigenvalue weighted by atomic mass is 32.2. The lowest BCUT2D eigenvalue weighted by molar-refractivity contribution is 1.06. The van der Waals surface area contributed by atoms with Crippen LogP contribution in [0.3, 0.4) is 0 Å². The van der Waals surface area contributed by atoms with E-state index in [1.807, 2.05) is 30.5 Å². The van der Waals surface area contributed by atoms with Gasteiger partial charge in [-0.3, -0.25) is 4.98 Å². The number of H-pyrrole nitrogens is 1. The summed E-state index contributed by atoms with van der Waals surface area (Å²) in [6, 6.07) is 9.71. The number of nitrogens with one attached hydrogen (secondary N) is 1. The molecular formula is C14H14N4S. The predicted octanol–water partition coefficient (Wildman–Crippen LogP) is 3.14. The number of aromatic amines is 1. The van der Waals surface area contributed by atoms with E-state index in [1.165, 1.54) is 5.56 Å². The summed E-state index contributed by atoms with van der Waals surface area (Å²) in [6.45, 7) is 2.07. The monoisotopic (exact) mass is 270 g/mol. The molecule has 0 unspecified atom stereocenters. The van der Waals surface area contributed by atoms with Crippen LogP contribution in [0.1, 0.15) is 11.3 Å².